The third-order valence-electron chi connectivity index (χ3n) is 6.79. The van der Waals surface area contributed by atoms with Gasteiger partial charge < -0.3 is 34.3 Å². The van der Waals surface area contributed by atoms with Crippen molar-refractivity contribution in [2.45, 2.75) is 25.0 Å². The molecular weight excluding hydrogens is 562 g/mol. The molecule has 0 bridgehead atoms. The lowest BCUT2D eigenvalue weighted by Gasteiger charge is -2.32. The Morgan fingerprint density at radius 3 is 2.29 bits per heavy atom. The van der Waals surface area contributed by atoms with Gasteiger partial charge in [0.25, 0.3) is 5.91 Å². The van der Waals surface area contributed by atoms with Crippen LogP contribution in [0.4, 0.5) is 5.69 Å². The van der Waals surface area contributed by atoms with E-state index >= 15 is 0 Å². The van der Waals surface area contributed by atoms with Crippen LogP contribution >= 0.6 is 11.3 Å². The van der Waals surface area contributed by atoms with Crippen molar-refractivity contribution in [3.05, 3.63) is 64.4 Å². The minimum Gasteiger partial charge on any atom is -0.497 e. The lowest BCUT2D eigenvalue weighted by molar-refractivity contribution is -0.126. The van der Waals surface area contributed by atoms with E-state index in [-0.39, 0.29) is 19.2 Å². The number of anilines is 1. The molecule has 11 nitrogen and oxygen atoms in total. The van der Waals surface area contributed by atoms with E-state index in [0.717, 1.165) is 12.8 Å². The minimum atomic E-state index is -1.17. The van der Waals surface area contributed by atoms with Gasteiger partial charge in [-0.1, -0.05) is 12.1 Å². The molecule has 1 aliphatic heterocycles. The number of carbonyl (C=O) groups is 3. The number of hydrogen-bond donors (Lipinski definition) is 2. The van der Waals surface area contributed by atoms with Crippen molar-refractivity contribution in [2.75, 3.05) is 53.0 Å². The Morgan fingerprint density at radius 1 is 0.952 bits per heavy atom. The lowest BCUT2D eigenvalue weighted by atomic mass is 10.0. The highest BCUT2D eigenvalue weighted by molar-refractivity contribution is 7.12. The minimum absolute atomic E-state index is 0.119. The monoisotopic (exact) mass is 597 g/mol. The van der Waals surface area contributed by atoms with E-state index in [1.54, 1.807) is 53.9 Å². The van der Waals surface area contributed by atoms with Gasteiger partial charge >= 0.3 is 0 Å². The van der Waals surface area contributed by atoms with E-state index in [0.29, 0.717) is 45.7 Å². The van der Waals surface area contributed by atoms with E-state index in [2.05, 4.69) is 10.6 Å². The average Bonchev–Trinajstić information content (AvgIpc) is 3.75. The summed E-state index contributed by atoms with van der Waals surface area (Å²) in [5, 5.41) is 7.41. The fraction of sp³-hybridized carbons (Fsp3) is 0.367. The number of rotatable bonds is 13. The molecule has 12 heteroatoms. The van der Waals surface area contributed by atoms with Crippen LogP contribution in [0.3, 0.4) is 0 Å². The van der Waals surface area contributed by atoms with Crippen molar-refractivity contribution >= 4 is 34.7 Å². The fourth-order valence-corrected chi connectivity index (χ4v) is 5.30. The van der Waals surface area contributed by atoms with E-state index in [9.17, 15) is 14.4 Å². The number of hydrogen-bond acceptors (Lipinski definition) is 9. The predicted octanol–water partition coefficient (Wildman–Crippen LogP) is 3.58. The van der Waals surface area contributed by atoms with E-state index < -0.39 is 23.8 Å². The van der Waals surface area contributed by atoms with Gasteiger partial charge in [0.2, 0.25) is 11.8 Å². The number of ether oxygens (including phenoxy) is 5. The smallest absolute Gasteiger partial charge is 0.261 e. The summed E-state index contributed by atoms with van der Waals surface area (Å²) in [4.78, 5) is 42.6. The molecule has 1 aromatic heterocycles. The van der Waals surface area contributed by atoms with Gasteiger partial charge in [-0.25, -0.2) is 0 Å². The Kier molecular flexibility index (Phi) is 10.6. The number of nitrogens with zero attached hydrogens (tertiary/aromatic N) is 1. The van der Waals surface area contributed by atoms with Crippen molar-refractivity contribution in [3.63, 3.8) is 0 Å². The molecule has 1 saturated heterocycles. The summed E-state index contributed by atoms with van der Waals surface area (Å²) in [6, 6.07) is 12.2. The molecular formula is C30H35N3O8S. The lowest BCUT2D eigenvalue weighted by Crippen LogP contribution is -2.48. The van der Waals surface area contributed by atoms with Crippen LogP contribution in [0.15, 0.2) is 53.9 Å². The molecule has 2 atom stereocenters. The predicted molar refractivity (Wildman–Crippen MR) is 158 cm³/mol. The van der Waals surface area contributed by atoms with Gasteiger partial charge in [-0.2, -0.15) is 0 Å². The number of methoxy groups -OCH3 is 4. The van der Waals surface area contributed by atoms with Crippen molar-refractivity contribution in [1.29, 1.82) is 0 Å². The molecule has 0 radical (unpaired) electrons. The second-order valence-electron chi connectivity index (χ2n) is 9.39. The van der Waals surface area contributed by atoms with Gasteiger partial charge in [-0.3, -0.25) is 19.3 Å². The van der Waals surface area contributed by atoms with Gasteiger partial charge in [0.05, 0.1) is 51.7 Å². The number of carbonyl (C=O) groups excluding carboxylic acids is 3. The maximum absolute atomic E-state index is 14.0. The Balaban J connectivity index is 1.78. The molecule has 1 fully saturated rings. The molecule has 224 valence electrons. The van der Waals surface area contributed by atoms with Gasteiger partial charge in [-0.15, -0.1) is 11.3 Å². The van der Waals surface area contributed by atoms with Crippen LogP contribution in [0, 0.1) is 0 Å². The molecule has 1 aliphatic rings. The van der Waals surface area contributed by atoms with Crippen LogP contribution in [0.1, 0.15) is 34.1 Å². The van der Waals surface area contributed by atoms with Gasteiger partial charge in [-0.05, 0) is 42.0 Å². The molecule has 2 heterocycles. The number of thiophene rings is 1. The van der Waals surface area contributed by atoms with Crippen molar-refractivity contribution in [1.82, 2.24) is 10.6 Å². The molecule has 4 rings (SSSR count). The fourth-order valence-electron chi connectivity index (χ4n) is 4.66. The molecule has 0 spiro atoms. The second kappa shape index (κ2) is 14.6. The van der Waals surface area contributed by atoms with Crippen LogP contribution in [0.5, 0.6) is 23.0 Å². The van der Waals surface area contributed by atoms with E-state index in [1.165, 1.54) is 44.7 Å². The summed E-state index contributed by atoms with van der Waals surface area (Å²) in [5.41, 5.74) is 0.783. The first kappa shape index (κ1) is 30.7. The van der Waals surface area contributed by atoms with Crippen LogP contribution in [-0.2, 0) is 14.3 Å². The van der Waals surface area contributed by atoms with Gasteiger partial charge in [0, 0.05) is 31.4 Å². The molecule has 0 saturated carbocycles. The highest BCUT2D eigenvalue weighted by Crippen LogP contribution is 2.37. The first-order valence-corrected chi connectivity index (χ1v) is 14.2. The maximum atomic E-state index is 14.0. The SMILES string of the molecule is COc1cc(OC)cc(N(C(=O)CNC(=O)c2cccs2)[C@@H](C(=O)NC[C@H]2CCCO2)c2ccc(OC)c(OC)c2)c1. The summed E-state index contributed by atoms with van der Waals surface area (Å²) in [6.07, 6.45) is 1.62. The molecule has 2 aromatic carbocycles. The van der Waals surface area contributed by atoms with Crippen LogP contribution in [0.2, 0.25) is 0 Å². The summed E-state index contributed by atoms with van der Waals surface area (Å²) in [5.74, 6) is 0.287. The van der Waals surface area contributed by atoms with E-state index in [4.69, 9.17) is 23.7 Å². The second-order valence-corrected chi connectivity index (χ2v) is 10.3. The molecule has 3 amide bonds. The van der Waals surface area contributed by atoms with Crippen molar-refractivity contribution < 1.29 is 38.1 Å². The maximum Gasteiger partial charge on any atom is 0.261 e. The highest BCUT2D eigenvalue weighted by atomic mass is 32.1. The number of nitrogens with one attached hydrogen (secondary N) is 2. The number of benzene rings is 2. The van der Waals surface area contributed by atoms with Crippen molar-refractivity contribution in [3.8, 4) is 23.0 Å². The number of amides is 3. The third kappa shape index (κ3) is 7.31. The molecule has 42 heavy (non-hydrogen) atoms. The molecule has 2 N–H and O–H groups in total. The summed E-state index contributed by atoms with van der Waals surface area (Å²) < 4.78 is 27.5. The third-order valence-corrected chi connectivity index (χ3v) is 7.65. The first-order chi connectivity index (χ1) is 20.4. The molecule has 3 aromatic rings. The zero-order valence-electron chi connectivity index (χ0n) is 24.0. The topological polar surface area (TPSA) is 125 Å². The van der Waals surface area contributed by atoms with Crippen LogP contribution in [0.25, 0.3) is 0 Å². The van der Waals surface area contributed by atoms with Crippen LogP contribution < -0.4 is 34.5 Å². The molecule has 0 unspecified atom stereocenters. The first-order valence-electron chi connectivity index (χ1n) is 13.4. The normalized spacial score (nSPS) is 14.9. The van der Waals surface area contributed by atoms with Crippen LogP contribution in [-0.4, -0.2) is 72.0 Å². The average molecular weight is 598 g/mol. The van der Waals surface area contributed by atoms with Gasteiger partial charge in [0.1, 0.15) is 17.5 Å². The quantitative estimate of drug-likeness (QED) is 0.307. The largest absolute Gasteiger partial charge is 0.497 e. The zero-order chi connectivity index (χ0) is 30.1. The van der Waals surface area contributed by atoms with Gasteiger partial charge in [0.15, 0.2) is 11.5 Å². The Bertz CT molecular complexity index is 1350. The molecule has 0 aliphatic carbocycles. The van der Waals surface area contributed by atoms with Crippen molar-refractivity contribution in [2.24, 2.45) is 0 Å². The Labute approximate surface area is 248 Å². The van der Waals surface area contributed by atoms with E-state index in [1.807, 2.05) is 0 Å². The standard InChI is InChI=1S/C30H35N3O8S/c1-37-22-14-20(15-23(16-22)38-2)33(27(34)18-32-29(35)26-8-6-12-42-26)28(30(36)31-17-21-7-5-11-41-21)19-9-10-24(39-3)25(13-19)40-4/h6,8-10,12-16,21,28H,5,7,11,17-18H2,1-4H3,(H,31,36)(H,32,35)/t21-,28-/m1/s1. The highest BCUT2D eigenvalue weighted by Gasteiger charge is 2.35. The Hall–Kier alpha value is -4.29. The summed E-state index contributed by atoms with van der Waals surface area (Å²) >= 11 is 1.26. The zero-order valence-corrected chi connectivity index (χ0v) is 24.8. The Morgan fingerprint density at radius 2 is 1.69 bits per heavy atom. The summed E-state index contributed by atoms with van der Waals surface area (Å²) in [7, 11) is 5.99. The summed E-state index contributed by atoms with van der Waals surface area (Å²) in [6.45, 7) is 0.540.